The lowest BCUT2D eigenvalue weighted by Crippen LogP contribution is -2.51. The average molecular weight is 446 g/mol. The van der Waals surface area contributed by atoms with E-state index in [1.165, 1.54) is 18.2 Å². The maximum Gasteiger partial charge on any atom is 0.410 e. The molecule has 8 nitrogen and oxygen atoms in total. The number of ether oxygens (including phenoxy) is 1. The fourth-order valence-corrected chi connectivity index (χ4v) is 4.14. The number of carbonyl (C=O) groups is 2. The van der Waals surface area contributed by atoms with Gasteiger partial charge in [0.1, 0.15) is 5.60 Å². The van der Waals surface area contributed by atoms with Crippen LogP contribution in [0.25, 0.3) is 0 Å². The van der Waals surface area contributed by atoms with Gasteiger partial charge in [0.15, 0.2) is 9.84 Å². The summed E-state index contributed by atoms with van der Waals surface area (Å²) < 4.78 is 28.9. The molecule has 0 atom stereocenters. The van der Waals surface area contributed by atoms with Crippen molar-refractivity contribution in [1.29, 1.82) is 0 Å². The molecule has 1 N–H and O–H groups in total. The number of benzene rings is 1. The SMILES string of the molecule is CC(C)(C)OC(=O)N1CCN(CCNC(=O)c2ccc(Cl)c(S(C)(=O)=O)c2)CC1. The van der Waals surface area contributed by atoms with E-state index in [2.05, 4.69) is 10.2 Å². The number of sulfone groups is 1. The van der Waals surface area contributed by atoms with Gasteiger partial charge >= 0.3 is 6.09 Å². The first-order valence-electron chi connectivity index (χ1n) is 9.35. The minimum absolute atomic E-state index is 0.0647. The van der Waals surface area contributed by atoms with Crippen molar-refractivity contribution in [2.75, 3.05) is 45.5 Å². The van der Waals surface area contributed by atoms with Crippen molar-refractivity contribution in [3.05, 3.63) is 28.8 Å². The molecule has 0 spiro atoms. The second-order valence-corrected chi connectivity index (χ2v) is 10.4. The molecule has 2 rings (SSSR count). The van der Waals surface area contributed by atoms with Gasteiger partial charge in [-0.15, -0.1) is 0 Å². The Morgan fingerprint density at radius 1 is 1.17 bits per heavy atom. The summed E-state index contributed by atoms with van der Waals surface area (Å²) in [6.07, 6.45) is 0.738. The molecule has 0 bridgehead atoms. The smallest absolute Gasteiger partial charge is 0.410 e. The Hall–Kier alpha value is -1.84. The molecule has 1 heterocycles. The number of nitrogens with zero attached hydrogens (tertiary/aromatic N) is 2. The summed E-state index contributed by atoms with van der Waals surface area (Å²) in [5.74, 6) is -0.362. The molecule has 0 unspecified atom stereocenters. The Kier molecular flexibility index (Phi) is 7.53. The van der Waals surface area contributed by atoms with Crippen LogP contribution in [0.15, 0.2) is 23.1 Å². The number of nitrogens with one attached hydrogen (secondary N) is 1. The monoisotopic (exact) mass is 445 g/mol. The third-order valence-electron chi connectivity index (χ3n) is 4.33. The number of hydrogen-bond acceptors (Lipinski definition) is 6. The normalized spacial score (nSPS) is 15.8. The average Bonchev–Trinajstić information content (AvgIpc) is 2.60. The molecule has 0 aromatic heterocycles. The second kappa shape index (κ2) is 9.32. The van der Waals surface area contributed by atoms with Crippen molar-refractivity contribution in [3.63, 3.8) is 0 Å². The lowest BCUT2D eigenvalue weighted by atomic mass is 10.2. The van der Waals surface area contributed by atoms with Gasteiger partial charge in [0.25, 0.3) is 5.91 Å². The van der Waals surface area contributed by atoms with Crippen LogP contribution in [0, 0.1) is 0 Å². The molecular formula is C19H28ClN3O5S. The first-order valence-corrected chi connectivity index (χ1v) is 11.6. The van der Waals surface area contributed by atoms with Gasteiger partial charge in [-0.3, -0.25) is 9.69 Å². The summed E-state index contributed by atoms with van der Waals surface area (Å²) in [5, 5.41) is 2.88. The first kappa shape index (κ1) is 23.4. The highest BCUT2D eigenvalue weighted by molar-refractivity contribution is 7.90. The molecule has 29 heavy (non-hydrogen) atoms. The molecule has 0 saturated carbocycles. The molecule has 2 amide bonds. The molecule has 162 valence electrons. The summed E-state index contributed by atoms with van der Waals surface area (Å²) in [6, 6.07) is 4.18. The quantitative estimate of drug-likeness (QED) is 0.744. The van der Waals surface area contributed by atoms with Gasteiger partial charge in [-0.1, -0.05) is 11.6 Å². The minimum atomic E-state index is -3.51. The molecule has 0 radical (unpaired) electrons. The highest BCUT2D eigenvalue weighted by Crippen LogP contribution is 2.22. The molecule has 1 aliphatic heterocycles. The zero-order valence-electron chi connectivity index (χ0n) is 17.2. The van der Waals surface area contributed by atoms with Crippen LogP contribution in [0.2, 0.25) is 5.02 Å². The third-order valence-corrected chi connectivity index (χ3v) is 5.91. The topological polar surface area (TPSA) is 96.0 Å². The van der Waals surface area contributed by atoms with Crippen LogP contribution in [0.4, 0.5) is 4.79 Å². The van der Waals surface area contributed by atoms with Crippen LogP contribution in [0.5, 0.6) is 0 Å². The molecule has 1 saturated heterocycles. The van der Waals surface area contributed by atoms with Gasteiger partial charge < -0.3 is 15.0 Å². The maximum atomic E-state index is 12.3. The van der Waals surface area contributed by atoms with Crippen molar-refractivity contribution in [3.8, 4) is 0 Å². The minimum Gasteiger partial charge on any atom is -0.444 e. The van der Waals surface area contributed by atoms with E-state index in [1.807, 2.05) is 20.8 Å². The van der Waals surface area contributed by atoms with E-state index in [0.717, 1.165) is 6.26 Å². The lowest BCUT2D eigenvalue weighted by molar-refractivity contribution is 0.0147. The zero-order valence-corrected chi connectivity index (χ0v) is 18.8. The van der Waals surface area contributed by atoms with E-state index in [1.54, 1.807) is 4.90 Å². The molecule has 0 aliphatic carbocycles. The Morgan fingerprint density at radius 3 is 2.34 bits per heavy atom. The fourth-order valence-electron chi connectivity index (χ4n) is 2.84. The first-order chi connectivity index (χ1) is 13.4. The van der Waals surface area contributed by atoms with Gasteiger partial charge in [-0.2, -0.15) is 0 Å². The summed E-state index contributed by atoms with van der Waals surface area (Å²) in [7, 11) is -3.51. The number of halogens is 1. The number of rotatable bonds is 5. The summed E-state index contributed by atoms with van der Waals surface area (Å²) in [6.45, 7) is 9.05. The fraction of sp³-hybridized carbons (Fsp3) is 0.579. The van der Waals surface area contributed by atoms with Gasteiger partial charge in [-0.05, 0) is 39.0 Å². The standard InChI is InChI=1S/C19H28ClN3O5S/c1-19(2,3)28-18(25)23-11-9-22(10-12-23)8-7-21-17(24)14-5-6-15(20)16(13-14)29(4,26)27/h5-6,13H,7-12H2,1-4H3,(H,21,24). The van der Waals surface area contributed by atoms with Crippen LogP contribution >= 0.6 is 11.6 Å². The predicted molar refractivity (Wildman–Crippen MR) is 111 cm³/mol. The van der Waals surface area contributed by atoms with E-state index in [-0.39, 0.29) is 27.5 Å². The highest BCUT2D eigenvalue weighted by atomic mass is 35.5. The van der Waals surface area contributed by atoms with Crippen molar-refractivity contribution in [2.24, 2.45) is 0 Å². The second-order valence-electron chi connectivity index (χ2n) is 7.98. The van der Waals surface area contributed by atoms with Gasteiger partial charge in [0.05, 0.1) is 9.92 Å². The Morgan fingerprint density at radius 2 is 1.79 bits per heavy atom. The summed E-state index contributed by atoms with van der Waals surface area (Å²) >= 11 is 5.91. The number of amides is 2. The van der Waals surface area contributed by atoms with E-state index >= 15 is 0 Å². The zero-order chi connectivity index (χ0) is 21.8. The van der Waals surface area contributed by atoms with E-state index in [4.69, 9.17) is 16.3 Å². The number of hydrogen-bond donors (Lipinski definition) is 1. The lowest BCUT2D eigenvalue weighted by Gasteiger charge is -2.35. The number of piperazine rings is 1. The van der Waals surface area contributed by atoms with Crippen LogP contribution in [-0.4, -0.2) is 81.3 Å². The maximum absolute atomic E-state index is 12.3. The van der Waals surface area contributed by atoms with Crippen molar-refractivity contribution in [1.82, 2.24) is 15.1 Å². The van der Waals surface area contributed by atoms with Gasteiger partial charge in [0.2, 0.25) is 0 Å². The Balaban J connectivity index is 1.80. The van der Waals surface area contributed by atoms with Crippen LogP contribution in [-0.2, 0) is 14.6 Å². The third kappa shape index (κ3) is 7.17. The van der Waals surface area contributed by atoms with E-state index in [9.17, 15) is 18.0 Å². The van der Waals surface area contributed by atoms with E-state index in [0.29, 0.717) is 39.3 Å². The Labute approximate surface area is 177 Å². The summed E-state index contributed by atoms with van der Waals surface area (Å²) in [4.78, 5) is 28.2. The molecule has 1 fully saturated rings. The highest BCUT2D eigenvalue weighted by Gasteiger charge is 2.25. The molecular weight excluding hydrogens is 418 g/mol. The molecule has 1 aromatic carbocycles. The molecule has 1 aromatic rings. The predicted octanol–water partition coefficient (Wildman–Crippen LogP) is 2.03. The van der Waals surface area contributed by atoms with Crippen LogP contribution in [0.1, 0.15) is 31.1 Å². The van der Waals surface area contributed by atoms with Gasteiger partial charge in [0, 0.05) is 51.1 Å². The van der Waals surface area contributed by atoms with Crippen molar-refractivity contribution < 1.29 is 22.7 Å². The Bertz CT molecular complexity index is 859. The largest absolute Gasteiger partial charge is 0.444 e. The van der Waals surface area contributed by atoms with Crippen molar-refractivity contribution in [2.45, 2.75) is 31.3 Å². The van der Waals surface area contributed by atoms with Crippen molar-refractivity contribution >= 4 is 33.4 Å². The number of carbonyl (C=O) groups excluding carboxylic acids is 2. The molecule has 1 aliphatic rings. The van der Waals surface area contributed by atoms with Crippen LogP contribution < -0.4 is 5.32 Å². The molecule has 10 heteroatoms. The van der Waals surface area contributed by atoms with Crippen LogP contribution in [0.3, 0.4) is 0 Å². The van der Waals surface area contributed by atoms with E-state index < -0.39 is 15.4 Å². The van der Waals surface area contributed by atoms with Gasteiger partial charge in [-0.25, -0.2) is 13.2 Å². The summed E-state index contributed by atoms with van der Waals surface area (Å²) in [5.41, 5.74) is -0.276.